The average Bonchev–Trinajstić information content (AvgIpc) is 2.82. The number of nitrogens with zero attached hydrogens (tertiary/aromatic N) is 3. The maximum atomic E-state index is 10.0. The van der Waals surface area contributed by atoms with Crippen molar-refractivity contribution in [3.05, 3.63) is 42.5 Å². The summed E-state index contributed by atoms with van der Waals surface area (Å²) in [5.74, 6) is 0.715. The average molecular weight is 255 g/mol. The number of phenolic OH excluding ortho intramolecular Hbond substituents is 1. The van der Waals surface area contributed by atoms with Crippen LogP contribution in [0.4, 0.5) is 0 Å². The van der Waals surface area contributed by atoms with Crippen LogP contribution >= 0.6 is 0 Å². The van der Waals surface area contributed by atoms with Crippen molar-refractivity contribution in [3.8, 4) is 17.2 Å². The highest BCUT2D eigenvalue weighted by atomic mass is 16.5. The van der Waals surface area contributed by atoms with Gasteiger partial charge in [0.05, 0.1) is 6.61 Å². The summed E-state index contributed by atoms with van der Waals surface area (Å²) in [5, 5.41) is 18.7. The number of benzene rings is 2. The molecule has 19 heavy (non-hydrogen) atoms. The van der Waals surface area contributed by atoms with Crippen LogP contribution in [0.5, 0.6) is 11.5 Å². The summed E-state index contributed by atoms with van der Waals surface area (Å²) in [4.78, 5) is 1.43. The van der Waals surface area contributed by atoms with Crippen molar-refractivity contribution in [1.82, 2.24) is 15.0 Å². The first-order chi connectivity index (χ1) is 9.28. The van der Waals surface area contributed by atoms with Crippen LogP contribution in [-0.4, -0.2) is 26.7 Å². The van der Waals surface area contributed by atoms with E-state index >= 15 is 0 Å². The molecule has 1 N–H and O–H groups in total. The number of ether oxygens (including phenoxy) is 1. The first kappa shape index (κ1) is 11.5. The lowest BCUT2D eigenvalue weighted by Crippen LogP contribution is -1.99. The topological polar surface area (TPSA) is 60.2 Å². The van der Waals surface area contributed by atoms with Gasteiger partial charge >= 0.3 is 0 Å². The molecule has 0 spiro atoms. The summed E-state index contributed by atoms with van der Waals surface area (Å²) in [6, 6.07) is 12.6. The van der Waals surface area contributed by atoms with E-state index in [0.29, 0.717) is 18.0 Å². The standard InChI is InChI=1S/C14H13N3O2/c1-2-19-10-7-8-13(14(18)9-10)17-15-11-5-3-4-6-12(11)16-17/h3-9,18H,2H2,1H3. The zero-order valence-corrected chi connectivity index (χ0v) is 10.4. The third kappa shape index (κ3) is 2.10. The van der Waals surface area contributed by atoms with E-state index in [0.717, 1.165) is 11.0 Å². The van der Waals surface area contributed by atoms with Gasteiger partial charge in [0.1, 0.15) is 28.2 Å². The van der Waals surface area contributed by atoms with Crippen LogP contribution in [0.15, 0.2) is 42.5 Å². The molecule has 0 aliphatic heterocycles. The predicted molar refractivity (Wildman–Crippen MR) is 71.7 cm³/mol. The molecule has 3 aromatic rings. The number of hydrogen-bond acceptors (Lipinski definition) is 4. The number of rotatable bonds is 3. The highest BCUT2D eigenvalue weighted by molar-refractivity contribution is 5.73. The Bertz CT molecular complexity index is 689. The fraction of sp³-hybridized carbons (Fsp3) is 0.143. The third-order valence-electron chi connectivity index (χ3n) is 2.76. The second-order valence-corrected chi connectivity index (χ2v) is 4.06. The zero-order chi connectivity index (χ0) is 13.2. The molecule has 0 radical (unpaired) electrons. The van der Waals surface area contributed by atoms with Crippen molar-refractivity contribution in [2.24, 2.45) is 0 Å². The molecule has 0 bridgehead atoms. The van der Waals surface area contributed by atoms with Crippen molar-refractivity contribution in [1.29, 1.82) is 0 Å². The minimum absolute atomic E-state index is 0.0891. The summed E-state index contributed by atoms with van der Waals surface area (Å²) >= 11 is 0. The monoisotopic (exact) mass is 255 g/mol. The Morgan fingerprint density at radius 1 is 1.11 bits per heavy atom. The lowest BCUT2D eigenvalue weighted by atomic mass is 10.3. The normalized spacial score (nSPS) is 10.8. The fourth-order valence-corrected chi connectivity index (χ4v) is 1.90. The van der Waals surface area contributed by atoms with Crippen LogP contribution in [0, 0.1) is 0 Å². The minimum Gasteiger partial charge on any atom is -0.505 e. The van der Waals surface area contributed by atoms with Crippen molar-refractivity contribution < 1.29 is 9.84 Å². The Morgan fingerprint density at radius 2 is 1.79 bits per heavy atom. The molecule has 5 nitrogen and oxygen atoms in total. The summed E-state index contributed by atoms with van der Waals surface area (Å²) in [7, 11) is 0. The van der Waals surface area contributed by atoms with Gasteiger partial charge in [-0.05, 0) is 31.2 Å². The Hall–Kier alpha value is -2.56. The first-order valence-corrected chi connectivity index (χ1v) is 6.06. The number of aromatic hydroxyl groups is 1. The molecule has 2 aromatic carbocycles. The summed E-state index contributed by atoms with van der Waals surface area (Å²) in [6.45, 7) is 2.45. The Morgan fingerprint density at radius 3 is 2.37 bits per heavy atom. The summed E-state index contributed by atoms with van der Waals surface area (Å²) in [5.41, 5.74) is 2.10. The van der Waals surface area contributed by atoms with E-state index in [1.54, 1.807) is 18.2 Å². The first-order valence-electron chi connectivity index (χ1n) is 6.06. The molecule has 0 aliphatic carbocycles. The Balaban J connectivity index is 2.05. The van der Waals surface area contributed by atoms with Gasteiger partial charge in [-0.25, -0.2) is 0 Å². The molecule has 0 saturated carbocycles. The van der Waals surface area contributed by atoms with Gasteiger partial charge in [0.2, 0.25) is 0 Å². The number of fused-ring (bicyclic) bond motifs is 1. The van der Waals surface area contributed by atoms with Gasteiger partial charge < -0.3 is 9.84 Å². The van der Waals surface area contributed by atoms with Crippen LogP contribution in [0.25, 0.3) is 16.7 Å². The maximum Gasteiger partial charge on any atom is 0.146 e. The molecular formula is C14H13N3O2. The lowest BCUT2D eigenvalue weighted by Gasteiger charge is -2.06. The van der Waals surface area contributed by atoms with Crippen LogP contribution < -0.4 is 4.74 Å². The van der Waals surface area contributed by atoms with Crippen molar-refractivity contribution in [2.75, 3.05) is 6.61 Å². The Labute approximate surface area is 110 Å². The van der Waals surface area contributed by atoms with Gasteiger partial charge in [-0.15, -0.1) is 15.0 Å². The quantitative estimate of drug-likeness (QED) is 0.781. The van der Waals surface area contributed by atoms with E-state index in [-0.39, 0.29) is 5.75 Å². The lowest BCUT2D eigenvalue weighted by molar-refractivity contribution is 0.337. The SMILES string of the molecule is CCOc1ccc(-n2nc3ccccc3n2)c(O)c1. The zero-order valence-electron chi connectivity index (χ0n) is 10.4. The molecule has 0 aliphatic rings. The van der Waals surface area contributed by atoms with E-state index < -0.39 is 0 Å². The third-order valence-corrected chi connectivity index (χ3v) is 2.76. The molecule has 0 atom stereocenters. The molecule has 3 rings (SSSR count). The van der Waals surface area contributed by atoms with Crippen molar-refractivity contribution >= 4 is 11.0 Å². The van der Waals surface area contributed by atoms with Gasteiger partial charge in [0.25, 0.3) is 0 Å². The van der Waals surface area contributed by atoms with E-state index in [1.165, 1.54) is 4.80 Å². The largest absolute Gasteiger partial charge is 0.505 e. The highest BCUT2D eigenvalue weighted by Gasteiger charge is 2.09. The molecular weight excluding hydrogens is 242 g/mol. The molecule has 96 valence electrons. The van der Waals surface area contributed by atoms with Crippen LogP contribution in [0.3, 0.4) is 0 Å². The maximum absolute atomic E-state index is 10.0. The van der Waals surface area contributed by atoms with Crippen LogP contribution in [0.1, 0.15) is 6.92 Å². The molecule has 0 saturated heterocycles. The van der Waals surface area contributed by atoms with Gasteiger partial charge in [-0.3, -0.25) is 0 Å². The van der Waals surface area contributed by atoms with Crippen molar-refractivity contribution in [2.45, 2.75) is 6.92 Å². The molecule has 1 heterocycles. The minimum atomic E-state index is 0.0891. The highest BCUT2D eigenvalue weighted by Crippen LogP contribution is 2.26. The van der Waals surface area contributed by atoms with Gasteiger partial charge in [0.15, 0.2) is 0 Å². The number of phenols is 1. The van der Waals surface area contributed by atoms with E-state index in [1.807, 2.05) is 31.2 Å². The predicted octanol–water partition coefficient (Wildman–Crippen LogP) is 2.52. The van der Waals surface area contributed by atoms with Crippen LogP contribution in [0.2, 0.25) is 0 Å². The van der Waals surface area contributed by atoms with Gasteiger partial charge in [0, 0.05) is 6.07 Å². The smallest absolute Gasteiger partial charge is 0.146 e. The summed E-state index contributed by atoms with van der Waals surface area (Å²) < 4.78 is 5.33. The number of hydrogen-bond donors (Lipinski definition) is 1. The van der Waals surface area contributed by atoms with Gasteiger partial charge in [-0.1, -0.05) is 12.1 Å². The molecule has 5 heteroatoms. The second kappa shape index (κ2) is 4.61. The second-order valence-electron chi connectivity index (χ2n) is 4.06. The molecule has 0 fully saturated rings. The summed E-state index contributed by atoms with van der Waals surface area (Å²) in [6.07, 6.45) is 0. The van der Waals surface area contributed by atoms with E-state index in [2.05, 4.69) is 10.2 Å². The van der Waals surface area contributed by atoms with E-state index in [9.17, 15) is 5.11 Å². The molecule has 0 amide bonds. The fourth-order valence-electron chi connectivity index (χ4n) is 1.90. The number of aromatic nitrogens is 3. The molecule has 0 unspecified atom stereocenters. The van der Waals surface area contributed by atoms with E-state index in [4.69, 9.17) is 4.74 Å². The van der Waals surface area contributed by atoms with Gasteiger partial charge in [-0.2, -0.15) is 0 Å². The van der Waals surface area contributed by atoms with Crippen LogP contribution in [-0.2, 0) is 0 Å². The Kier molecular flexibility index (Phi) is 2.79. The van der Waals surface area contributed by atoms with Crippen molar-refractivity contribution in [3.63, 3.8) is 0 Å². The molecule has 1 aromatic heterocycles.